The molecule has 1 nitrogen and oxygen atoms in total. The summed E-state index contributed by atoms with van der Waals surface area (Å²) in [6.07, 6.45) is 16.0. The fraction of sp³-hybridized carbons (Fsp3) is 0.625. The molecule has 0 aliphatic rings. The normalized spacial score (nSPS) is 11.4. The van der Waals surface area contributed by atoms with Gasteiger partial charge in [0.2, 0.25) is 0 Å². The number of unbranched alkanes of at least 4 members (excludes halogenated alkanes) is 8. The average molecular weight is 266 g/mol. The molecule has 2 heteroatoms. The van der Waals surface area contributed by atoms with Gasteiger partial charge in [0.25, 0.3) is 0 Å². The Morgan fingerprint density at radius 3 is 2.22 bits per heavy atom. The van der Waals surface area contributed by atoms with E-state index in [1.54, 1.807) is 11.3 Å². The summed E-state index contributed by atoms with van der Waals surface area (Å²) < 4.78 is 0. The van der Waals surface area contributed by atoms with Crippen molar-refractivity contribution >= 4 is 17.4 Å². The first-order chi connectivity index (χ1) is 8.93. The maximum atomic E-state index is 8.65. The van der Waals surface area contributed by atoms with Crippen molar-refractivity contribution in [3.63, 3.8) is 0 Å². The lowest BCUT2D eigenvalue weighted by Gasteiger charge is -2.00. The van der Waals surface area contributed by atoms with E-state index < -0.39 is 0 Å². The molecule has 1 heterocycles. The molecule has 0 amide bonds. The highest BCUT2D eigenvalue weighted by atomic mass is 32.1. The SMILES string of the molecule is OCCCCCCCCCCC=Cc1cccs1. The lowest BCUT2D eigenvalue weighted by molar-refractivity contribution is 0.282. The summed E-state index contributed by atoms with van der Waals surface area (Å²) in [5, 5.41) is 10.8. The third-order valence-electron chi connectivity index (χ3n) is 3.10. The van der Waals surface area contributed by atoms with Crippen molar-refractivity contribution in [2.45, 2.75) is 57.8 Å². The maximum absolute atomic E-state index is 8.65. The van der Waals surface area contributed by atoms with Crippen molar-refractivity contribution in [3.8, 4) is 0 Å². The number of aliphatic hydroxyl groups is 1. The van der Waals surface area contributed by atoms with Gasteiger partial charge in [-0.25, -0.2) is 0 Å². The van der Waals surface area contributed by atoms with Gasteiger partial charge in [-0.2, -0.15) is 0 Å². The molecule has 1 N–H and O–H groups in total. The third kappa shape index (κ3) is 8.48. The first kappa shape index (κ1) is 15.5. The zero-order chi connectivity index (χ0) is 12.9. The predicted molar refractivity (Wildman–Crippen MR) is 82.0 cm³/mol. The maximum Gasteiger partial charge on any atom is 0.0431 e. The third-order valence-corrected chi connectivity index (χ3v) is 3.94. The molecule has 0 spiro atoms. The highest BCUT2D eigenvalue weighted by molar-refractivity contribution is 7.10. The van der Waals surface area contributed by atoms with Crippen molar-refractivity contribution in [3.05, 3.63) is 28.5 Å². The molecule has 0 aliphatic heterocycles. The van der Waals surface area contributed by atoms with E-state index >= 15 is 0 Å². The average Bonchev–Trinajstić information content (AvgIpc) is 2.89. The Kier molecular flexibility index (Phi) is 9.87. The Balaban J connectivity index is 1.81. The molecular weight excluding hydrogens is 240 g/mol. The highest BCUT2D eigenvalue weighted by Gasteiger charge is 1.91. The minimum Gasteiger partial charge on any atom is -0.396 e. The molecule has 1 aromatic heterocycles. The lowest BCUT2D eigenvalue weighted by Crippen LogP contribution is -1.84. The summed E-state index contributed by atoms with van der Waals surface area (Å²) in [4.78, 5) is 1.36. The van der Waals surface area contributed by atoms with Crippen LogP contribution in [0.4, 0.5) is 0 Å². The highest BCUT2D eigenvalue weighted by Crippen LogP contribution is 2.13. The molecule has 0 unspecified atom stereocenters. The molecule has 0 aliphatic carbocycles. The van der Waals surface area contributed by atoms with Gasteiger partial charge in [0.1, 0.15) is 0 Å². The number of allylic oxidation sites excluding steroid dienone is 1. The van der Waals surface area contributed by atoms with Gasteiger partial charge in [0.05, 0.1) is 0 Å². The Bertz CT molecular complexity index is 290. The molecule has 0 atom stereocenters. The fourth-order valence-corrected chi connectivity index (χ4v) is 2.67. The summed E-state index contributed by atoms with van der Waals surface area (Å²) in [5.41, 5.74) is 0. The molecule has 102 valence electrons. The van der Waals surface area contributed by atoms with Crippen LogP contribution < -0.4 is 0 Å². The van der Waals surface area contributed by atoms with Crippen molar-refractivity contribution in [2.24, 2.45) is 0 Å². The molecule has 0 saturated heterocycles. The van der Waals surface area contributed by atoms with Gasteiger partial charge in [-0.05, 0) is 36.8 Å². The first-order valence-corrected chi connectivity index (χ1v) is 8.12. The van der Waals surface area contributed by atoms with E-state index in [-0.39, 0.29) is 0 Å². The number of hydrogen-bond acceptors (Lipinski definition) is 2. The van der Waals surface area contributed by atoms with Crippen LogP contribution in [0.25, 0.3) is 6.08 Å². The van der Waals surface area contributed by atoms with E-state index in [0.717, 1.165) is 6.42 Å². The minimum absolute atomic E-state index is 0.358. The van der Waals surface area contributed by atoms with Crippen LogP contribution in [0.3, 0.4) is 0 Å². The van der Waals surface area contributed by atoms with Gasteiger partial charge in [-0.1, -0.05) is 50.7 Å². The first-order valence-electron chi connectivity index (χ1n) is 7.24. The number of aliphatic hydroxyl groups excluding tert-OH is 1. The van der Waals surface area contributed by atoms with Crippen molar-refractivity contribution in [1.29, 1.82) is 0 Å². The Hall–Kier alpha value is -0.600. The Labute approximate surface area is 116 Å². The van der Waals surface area contributed by atoms with Gasteiger partial charge in [-0.15, -0.1) is 11.3 Å². The summed E-state index contributed by atoms with van der Waals surface area (Å²) in [7, 11) is 0. The molecule has 1 rings (SSSR count). The monoisotopic (exact) mass is 266 g/mol. The minimum atomic E-state index is 0.358. The summed E-state index contributed by atoms with van der Waals surface area (Å²) in [6.45, 7) is 0.358. The number of hydrogen-bond donors (Lipinski definition) is 1. The zero-order valence-electron chi connectivity index (χ0n) is 11.3. The molecule has 0 aromatic carbocycles. The number of thiophene rings is 1. The van der Waals surface area contributed by atoms with E-state index in [4.69, 9.17) is 5.11 Å². The summed E-state index contributed by atoms with van der Waals surface area (Å²) >= 11 is 1.80. The van der Waals surface area contributed by atoms with E-state index in [0.29, 0.717) is 6.61 Å². The van der Waals surface area contributed by atoms with E-state index in [2.05, 4.69) is 29.7 Å². The molecule has 0 bridgehead atoms. The van der Waals surface area contributed by atoms with Crippen LogP contribution in [0.5, 0.6) is 0 Å². The second kappa shape index (κ2) is 11.5. The molecule has 1 aromatic rings. The Morgan fingerprint density at radius 1 is 0.944 bits per heavy atom. The molecular formula is C16H26OS. The van der Waals surface area contributed by atoms with Gasteiger partial charge in [0, 0.05) is 11.5 Å². The second-order valence-corrected chi connectivity index (χ2v) is 5.74. The summed E-state index contributed by atoms with van der Waals surface area (Å²) in [6, 6.07) is 4.26. The van der Waals surface area contributed by atoms with Gasteiger partial charge >= 0.3 is 0 Å². The van der Waals surface area contributed by atoms with Gasteiger partial charge in [0.15, 0.2) is 0 Å². The van der Waals surface area contributed by atoms with Crippen molar-refractivity contribution in [2.75, 3.05) is 6.61 Å². The largest absolute Gasteiger partial charge is 0.396 e. The standard InChI is InChI=1S/C16H26OS/c17-14-10-8-6-4-2-1-3-5-7-9-12-16-13-11-15-18-16/h9,11-13,15,17H,1-8,10,14H2. The smallest absolute Gasteiger partial charge is 0.0431 e. The van der Waals surface area contributed by atoms with Gasteiger partial charge in [-0.3, -0.25) is 0 Å². The quantitative estimate of drug-likeness (QED) is 0.541. The molecule has 0 radical (unpaired) electrons. The zero-order valence-corrected chi connectivity index (χ0v) is 12.1. The predicted octanol–water partition coefficient (Wildman–Crippen LogP) is 5.26. The van der Waals surface area contributed by atoms with Gasteiger partial charge < -0.3 is 5.11 Å². The number of rotatable bonds is 11. The van der Waals surface area contributed by atoms with Crippen LogP contribution in [-0.4, -0.2) is 11.7 Å². The van der Waals surface area contributed by atoms with Crippen molar-refractivity contribution < 1.29 is 5.11 Å². The van der Waals surface area contributed by atoms with Crippen LogP contribution >= 0.6 is 11.3 Å². The van der Waals surface area contributed by atoms with Crippen molar-refractivity contribution in [1.82, 2.24) is 0 Å². The van der Waals surface area contributed by atoms with E-state index in [1.807, 2.05) is 0 Å². The second-order valence-electron chi connectivity index (χ2n) is 4.76. The molecule has 0 fully saturated rings. The fourth-order valence-electron chi connectivity index (χ4n) is 2.02. The molecule has 18 heavy (non-hydrogen) atoms. The van der Waals surface area contributed by atoms with Crippen LogP contribution in [0.2, 0.25) is 0 Å². The van der Waals surface area contributed by atoms with Crippen LogP contribution in [0, 0.1) is 0 Å². The van der Waals surface area contributed by atoms with Crippen LogP contribution in [0.15, 0.2) is 23.6 Å². The topological polar surface area (TPSA) is 20.2 Å². The van der Waals surface area contributed by atoms with E-state index in [9.17, 15) is 0 Å². The molecule has 0 saturated carbocycles. The van der Waals surface area contributed by atoms with Crippen LogP contribution in [0.1, 0.15) is 62.7 Å². The lowest BCUT2D eigenvalue weighted by atomic mass is 10.1. The summed E-state index contributed by atoms with van der Waals surface area (Å²) in [5.74, 6) is 0. The van der Waals surface area contributed by atoms with Crippen LogP contribution in [-0.2, 0) is 0 Å². The Morgan fingerprint density at radius 2 is 1.61 bits per heavy atom. The van der Waals surface area contributed by atoms with E-state index in [1.165, 1.54) is 56.2 Å².